The van der Waals surface area contributed by atoms with Gasteiger partial charge in [-0.05, 0) is 29.2 Å². The third-order valence-corrected chi connectivity index (χ3v) is 2.69. The molecule has 2 rings (SSSR count). The number of benzene rings is 1. The number of hydrogen-bond acceptors (Lipinski definition) is 3. The fourth-order valence-corrected chi connectivity index (χ4v) is 1.86. The van der Waals surface area contributed by atoms with Crippen molar-refractivity contribution < 1.29 is 15.0 Å². The zero-order chi connectivity index (χ0) is 10.8. The minimum absolute atomic E-state index is 0.101. The number of aliphatic hydroxyl groups is 2. The van der Waals surface area contributed by atoms with Crippen LogP contribution >= 0.6 is 0 Å². The molecule has 1 aromatic rings. The molecule has 0 bridgehead atoms. The van der Waals surface area contributed by atoms with E-state index < -0.39 is 0 Å². The first-order chi connectivity index (χ1) is 7.26. The SMILES string of the molecule is O=C1NCCc2cc(CO)c(CO)cc21. The van der Waals surface area contributed by atoms with Gasteiger partial charge in [-0.2, -0.15) is 0 Å². The Morgan fingerprint density at radius 3 is 2.53 bits per heavy atom. The highest BCUT2D eigenvalue weighted by Gasteiger charge is 2.18. The second kappa shape index (κ2) is 4.00. The molecular weight excluding hydrogens is 194 g/mol. The van der Waals surface area contributed by atoms with Gasteiger partial charge in [0.1, 0.15) is 0 Å². The van der Waals surface area contributed by atoms with Gasteiger partial charge >= 0.3 is 0 Å². The summed E-state index contributed by atoms with van der Waals surface area (Å²) in [6.07, 6.45) is 0.778. The molecule has 0 saturated carbocycles. The molecule has 1 aliphatic rings. The van der Waals surface area contributed by atoms with E-state index in [1.807, 2.05) is 0 Å². The van der Waals surface area contributed by atoms with Gasteiger partial charge in [-0.3, -0.25) is 4.79 Å². The molecule has 0 unspecified atom stereocenters. The average molecular weight is 207 g/mol. The maximum Gasteiger partial charge on any atom is 0.251 e. The lowest BCUT2D eigenvalue weighted by Gasteiger charge is -2.18. The van der Waals surface area contributed by atoms with Gasteiger partial charge in [0.25, 0.3) is 5.91 Å². The van der Waals surface area contributed by atoms with Crippen LogP contribution in [0.2, 0.25) is 0 Å². The van der Waals surface area contributed by atoms with E-state index in [-0.39, 0.29) is 19.1 Å². The predicted octanol–water partition coefficient (Wildman–Crippen LogP) is -0.0429. The van der Waals surface area contributed by atoms with Crippen LogP contribution in [0.5, 0.6) is 0 Å². The van der Waals surface area contributed by atoms with Crippen LogP contribution in [0, 0.1) is 0 Å². The molecule has 0 aliphatic carbocycles. The molecule has 4 nitrogen and oxygen atoms in total. The Morgan fingerprint density at radius 1 is 1.20 bits per heavy atom. The molecule has 0 spiro atoms. The molecule has 0 aromatic heterocycles. The monoisotopic (exact) mass is 207 g/mol. The lowest BCUT2D eigenvalue weighted by Crippen LogP contribution is -2.32. The van der Waals surface area contributed by atoms with Crippen LogP contribution in [-0.4, -0.2) is 22.7 Å². The van der Waals surface area contributed by atoms with Gasteiger partial charge in [0.2, 0.25) is 0 Å². The molecule has 1 heterocycles. The van der Waals surface area contributed by atoms with Crippen LogP contribution in [0.3, 0.4) is 0 Å². The highest BCUT2D eigenvalue weighted by atomic mass is 16.3. The van der Waals surface area contributed by atoms with Crippen LogP contribution < -0.4 is 5.32 Å². The summed E-state index contributed by atoms with van der Waals surface area (Å²) in [4.78, 5) is 11.5. The van der Waals surface area contributed by atoms with Crippen LogP contribution in [0.1, 0.15) is 27.0 Å². The number of fused-ring (bicyclic) bond motifs is 1. The number of hydrogen-bond donors (Lipinski definition) is 3. The third-order valence-electron chi connectivity index (χ3n) is 2.69. The standard InChI is InChI=1S/C11H13NO3/c13-5-8-3-7-1-2-12-11(15)10(7)4-9(8)6-14/h3-4,13-14H,1-2,5-6H2,(H,12,15). The maximum absolute atomic E-state index is 11.5. The van der Waals surface area contributed by atoms with Crippen molar-refractivity contribution in [2.75, 3.05) is 6.54 Å². The number of amides is 1. The highest BCUT2D eigenvalue weighted by molar-refractivity contribution is 5.97. The molecule has 0 fully saturated rings. The van der Waals surface area contributed by atoms with E-state index in [4.69, 9.17) is 10.2 Å². The lowest BCUT2D eigenvalue weighted by molar-refractivity contribution is 0.0945. The Morgan fingerprint density at radius 2 is 1.87 bits per heavy atom. The molecule has 15 heavy (non-hydrogen) atoms. The first-order valence-corrected chi connectivity index (χ1v) is 4.91. The van der Waals surface area contributed by atoms with Crippen LogP contribution in [0.15, 0.2) is 12.1 Å². The molecule has 4 heteroatoms. The molecule has 1 aliphatic heterocycles. The van der Waals surface area contributed by atoms with Crippen molar-refractivity contribution in [2.24, 2.45) is 0 Å². The lowest BCUT2D eigenvalue weighted by atomic mass is 9.94. The fourth-order valence-electron chi connectivity index (χ4n) is 1.86. The molecule has 1 aromatic carbocycles. The summed E-state index contributed by atoms with van der Waals surface area (Å²) >= 11 is 0. The topological polar surface area (TPSA) is 69.6 Å². The van der Waals surface area contributed by atoms with Gasteiger partial charge in [0, 0.05) is 12.1 Å². The minimum Gasteiger partial charge on any atom is -0.392 e. The van der Waals surface area contributed by atoms with Crippen molar-refractivity contribution in [1.82, 2.24) is 5.32 Å². The molecule has 80 valence electrons. The minimum atomic E-state index is -0.156. The first-order valence-electron chi connectivity index (χ1n) is 4.91. The van der Waals surface area contributed by atoms with E-state index in [1.165, 1.54) is 0 Å². The number of rotatable bonds is 2. The number of carbonyl (C=O) groups excluding carboxylic acids is 1. The fraction of sp³-hybridized carbons (Fsp3) is 0.364. The zero-order valence-electron chi connectivity index (χ0n) is 8.29. The van der Waals surface area contributed by atoms with Crippen molar-refractivity contribution in [2.45, 2.75) is 19.6 Å². The average Bonchev–Trinajstić information content (AvgIpc) is 2.28. The van der Waals surface area contributed by atoms with E-state index in [2.05, 4.69) is 5.32 Å². The third kappa shape index (κ3) is 1.73. The number of aliphatic hydroxyl groups excluding tert-OH is 2. The van der Waals surface area contributed by atoms with Crippen LogP contribution in [0.25, 0.3) is 0 Å². The zero-order valence-corrected chi connectivity index (χ0v) is 8.29. The van der Waals surface area contributed by atoms with Gasteiger partial charge in [-0.15, -0.1) is 0 Å². The summed E-state index contributed by atoms with van der Waals surface area (Å²) in [6, 6.07) is 3.47. The van der Waals surface area contributed by atoms with Crippen molar-refractivity contribution in [1.29, 1.82) is 0 Å². The maximum atomic E-state index is 11.5. The molecular formula is C11H13NO3. The van der Waals surface area contributed by atoms with Gasteiger partial charge < -0.3 is 15.5 Å². The normalized spacial score (nSPS) is 14.7. The van der Waals surface area contributed by atoms with Crippen LogP contribution in [-0.2, 0) is 19.6 Å². The van der Waals surface area contributed by atoms with Crippen molar-refractivity contribution >= 4 is 5.91 Å². The van der Waals surface area contributed by atoms with Gasteiger partial charge in [-0.25, -0.2) is 0 Å². The highest BCUT2D eigenvalue weighted by Crippen LogP contribution is 2.20. The number of carbonyl (C=O) groups is 1. The van der Waals surface area contributed by atoms with E-state index in [1.54, 1.807) is 12.1 Å². The summed E-state index contributed by atoms with van der Waals surface area (Å²) < 4.78 is 0. The van der Waals surface area contributed by atoms with E-state index in [0.29, 0.717) is 23.2 Å². The van der Waals surface area contributed by atoms with Crippen molar-refractivity contribution in [3.63, 3.8) is 0 Å². The van der Waals surface area contributed by atoms with Crippen LogP contribution in [0.4, 0.5) is 0 Å². The molecule has 1 amide bonds. The molecule has 0 radical (unpaired) electrons. The first kappa shape index (κ1) is 10.1. The van der Waals surface area contributed by atoms with E-state index in [9.17, 15) is 4.79 Å². The van der Waals surface area contributed by atoms with E-state index >= 15 is 0 Å². The predicted molar refractivity (Wildman–Crippen MR) is 54.3 cm³/mol. The van der Waals surface area contributed by atoms with Gasteiger partial charge in [0.15, 0.2) is 0 Å². The molecule has 0 atom stereocenters. The Bertz CT molecular complexity index is 401. The number of nitrogens with one attached hydrogen (secondary N) is 1. The quantitative estimate of drug-likeness (QED) is 0.637. The van der Waals surface area contributed by atoms with E-state index in [0.717, 1.165) is 12.0 Å². The largest absolute Gasteiger partial charge is 0.392 e. The van der Waals surface area contributed by atoms with Gasteiger partial charge in [0.05, 0.1) is 13.2 Å². The smallest absolute Gasteiger partial charge is 0.251 e. The van der Waals surface area contributed by atoms with Crippen molar-refractivity contribution in [3.8, 4) is 0 Å². The Hall–Kier alpha value is -1.39. The molecule has 3 N–H and O–H groups in total. The second-order valence-electron chi connectivity index (χ2n) is 3.60. The summed E-state index contributed by atoms with van der Waals surface area (Å²) in [6.45, 7) is 0.371. The summed E-state index contributed by atoms with van der Waals surface area (Å²) in [5.41, 5.74) is 2.88. The Kier molecular flexibility index (Phi) is 2.70. The summed E-state index contributed by atoms with van der Waals surface area (Å²) in [5.74, 6) is -0.101. The summed E-state index contributed by atoms with van der Waals surface area (Å²) in [7, 11) is 0. The Labute approximate surface area is 87.6 Å². The van der Waals surface area contributed by atoms with Crippen molar-refractivity contribution in [3.05, 3.63) is 34.4 Å². The summed E-state index contributed by atoms with van der Waals surface area (Å²) in [5, 5.41) is 20.9. The molecule has 0 saturated heterocycles. The van der Waals surface area contributed by atoms with Gasteiger partial charge in [-0.1, -0.05) is 6.07 Å². The Balaban J connectivity index is 2.53. The second-order valence-corrected chi connectivity index (χ2v) is 3.60.